The van der Waals surface area contributed by atoms with E-state index in [0.29, 0.717) is 79.3 Å². The summed E-state index contributed by atoms with van der Waals surface area (Å²) in [6, 6.07) is 0. The molecule has 0 spiro atoms. The Morgan fingerprint density at radius 2 is 0.356 bits per heavy atom. The van der Waals surface area contributed by atoms with Gasteiger partial charge in [0.1, 0.15) is 0 Å². The molecule has 0 aromatic carbocycles. The van der Waals surface area contributed by atoms with Crippen molar-refractivity contribution >= 4 is 80.4 Å². The normalized spacial score (nSPS) is 10.4. The predicted molar refractivity (Wildman–Crippen MR) is 262 cm³/mol. The van der Waals surface area contributed by atoms with E-state index in [1.807, 2.05) is 83.1 Å². The van der Waals surface area contributed by atoms with Gasteiger partial charge >= 0.3 is 177 Å². The summed E-state index contributed by atoms with van der Waals surface area (Å²) >= 11 is 0.299. The fraction of sp³-hybridized carbons (Fsp3) is 1.00. The van der Waals surface area contributed by atoms with Crippen molar-refractivity contribution in [2.24, 2.45) is 0 Å². The van der Waals surface area contributed by atoms with Gasteiger partial charge in [0, 0.05) is 79.3 Å². The number of hydrogen-bond acceptors (Lipinski definition) is 12. The summed E-state index contributed by atoms with van der Waals surface area (Å²) in [5, 5.41) is 0. The first-order valence-electron chi connectivity index (χ1n) is 23.0. The van der Waals surface area contributed by atoms with Gasteiger partial charge in [-0.05, 0) is 83.1 Å². The molecule has 0 unspecified atom stereocenters. The molecule has 0 saturated carbocycles. The zero-order valence-electron chi connectivity index (χ0n) is 41.7. The Labute approximate surface area is 395 Å². The Balaban J connectivity index is -0.000000110. The van der Waals surface area contributed by atoms with Crippen molar-refractivity contribution in [3.63, 3.8) is 0 Å². The average Bonchev–Trinajstić information content (AvgIpc) is 3.20. The van der Waals surface area contributed by atoms with Gasteiger partial charge in [-0.3, -0.25) is 0 Å². The van der Waals surface area contributed by atoms with Crippen LogP contribution in [-0.4, -0.2) is 165 Å². The molecular formula is C40H102O13Si4Sn2. The van der Waals surface area contributed by atoms with Gasteiger partial charge in [-0.25, -0.2) is 0 Å². The van der Waals surface area contributed by atoms with E-state index in [-0.39, 0.29) is 47.8 Å². The summed E-state index contributed by atoms with van der Waals surface area (Å²) in [6.45, 7) is 40.6. The third kappa shape index (κ3) is 80.7. The smallest absolute Gasteiger partial charge is 0.412 e. The third-order valence-corrected chi connectivity index (χ3v) is 21.8. The van der Waals surface area contributed by atoms with Crippen molar-refractivity contribution in [2.75, 3.05) is 79.3 Å². The molecule has 0 aromatic heterocycles. The van der Waals surface area contributed by atoms with Crippen LogP contribution in [0, 0.1) is 0 Å². The molecule has 19 heteroatoms. The first-order valence-corrected chi connectivity index (χ1v) is 36.7. The molecular weight excluding hydrogens is 1040 g/mol. The van der Waals surface area contributed by atoms with Crippen LogP contribution >= 0.6 is 0 Å². The zero-order chi connectivity index (χ0) is 45.2. The molecule has 0 bridgehead atoms. The number of rotatable bonds is 36. The molecule has 0 saturated heterocycles. The minimum atomic E-state index is -1.73. The Morgan fingerprint density at radius 1 is 0.237 bits per heavy atom. The molecule has 0 aromatic rings. The Morgan fingerprint density at radius 3 is 0.441 bits per heavy atom. The topological polar surface area (TPSA) is 142 Å². The van der Waals surface area contributed by atoms with E-state index in [9.17, 15) is 0 Å². The van der Waals surface area contributed by atoms with Crippen LogP contribution < -0.4 is 0 Å². The Kier molecular flexibility index (Phi) is 98.5. The van der Waals surface area contributed by atoms with Crippen molar-refractivity contribution in [3.8, 4) is 0 Å². The molecule has 0 atom stereocenters. The Hall–Kier alpha value is 1.94. The van der Waals surface area contributed by atoms with Crippen molar-refractivity contribution in [1.82, 2.24) is 0 Å². The van der Waals surface area contributed by atoms with E-state index in [0.717, 1.165) is 0 Å². The van der Waals surface area contributed by atoms with Crippen LogP contribution in [0.25, 0.3) is 0 Å². The summed E-state index contributed by atoms with van der Waals surface area (Å²) < 4.78 is 69.1. The standard InChI is InChI=1S/4C6H16O3Si.4C4H9.H2O.2Sn/c4*1-4-7-10(8-5-2)9-6-3;4*1-3-4-2;;;/h4*10H,4-6H2,1-3H3;4*1,3-4H2,2H3;1H2;;. The van der Waals surface area contributed by atoms with Crippen LogP contribution in [0.15, 0.2) is 0 Å². The molecule has 0 heterocycles. The molecule has 0 aliphatic carbocycles. The molecule has 0 amide bonds. The van der Waals surface area contributed by atoms with E-state index in [2.05, 4.69) is 27.7 Å². The Bertz CT molecular complexity index is 485. The fourth-order valence-electron chi connectivity index (χ4n) is 3.67. The van der Waals surface area contributed by atoms with E-state index in [1.54, 1.807) is 17.7 Å². The second kappa shape index (κ2) is 77.2. The minimum Gasteiger partial charge on any atom is -0.412 e. The number of unbranched alkanes of at least 4 members (excludes halogenated alkanes) is 4. The molecule has 0 aliphatic heterocycles. The van der Waals surface area contributed by atoms with Crippen LogP contribution in [0.1, 0.15) is 162 Å². The van der Waals surface area contributed by atoms with Crippen molar-refractivity contribution in [3.05, 3.63) is 0 Å². The van der Waals surface area contributed by atoms with E-state index in [4.69, 9.17) is 53.1 Å². The maximum absolute atomic E-state index is 5.22. The van der Waals surface area contributed by atoms with Crippen LogP contribution in [0.5, 0.6) is 0 Å². The summed E-state index contributed by atoms with van der Waals surface area (Å²) in [6.07, 6.45) is 11.7. The van der Waals surface area contributed by atoms with Crippen molar-refractivity contribution in [1.29, 1.82) is 0 Å². The zero-order valence-corrected chi connectivity index (χ0v) is 52.0. The van der Waals surface area contributed by atoms with Crippen molar-refractivity contribution < 1.29 is 58.6 Å². The third-order valence-electron chi connectivity index (χ3n) is 6.46. The molecule has 13 nitrogen and oxygen atoms in total. The van der Waals surface area contributed by atoms with Gasteiger partial charge in [-0.15, -0.1) is 0 Å². The molecule has 0 rings (SSSR count). The van der Waals surface area contributed by atoms with Gasteiger partial charge in [0.05, 0.1) is 0 Å². The quantitative estimate of drug-likeness (QED) is 0.0438. The molecule has 364 valence electrons. The van der Waals surface area contributed by atoms with Gasteiger partial charge in [0.15, 0.2) is 0 Å². The molecule has 0 fully saturated rings. The fourth-order valence-corrected chi connectivity index (χ4v) is 16.4. The first kappa shape index (κ1) is 75.3. The van der Waals surface area contributed by atoms with E-state index >= 15 is 0 Å². The minimum absolute atomic E-state index is 0. The predicted octanol–water partition coefficient (Wildman–Crippen LogP) is 8.68. The summed E-state index contributed by atoms with van der Waals surface area (Å²) in [7, 11) is -6.94. The maximum Gasteiger partial charge on any atom is 0.484 e. The first-order chi connectivity index (χ1) is 28.2. The van der Waals surface area contributed by atoms with Crippen LogP contribution in [0.3, 0.4) is 0 Å². The van der Waals surface area contributed by atoms with E-state index < -0.39 is 38.1 Å². The van der Waals surface area contributed by atoms with Gasteiger partial charge in [0.2, 0.25) is 0 Å². The second-order valence-corrected chi connectivity index (χ2v) is 26.4. The van der Waals surface area contributed by atoms with E-state index in [1.165, 1.54) is 51.4 Å². The maximum atomic E-state index is 5.22. The van der Waals surface area contributed by atoms with Crippen LogP contribution in [0.4, 0.5) is 0 Å². The molecule has 0 aliphatic rings. The van der Waals surface area contributed by atoms with Gasteiger partial charge < -0.3 is 58.6 Å². The summed E-state index contributed by atoms with van der Waals surface area (Å²) in [4.78, 5) is 0. The molecule has 4 radical (unpaired) electrons. The van der Waals surface area contributed by atoms with Gasteiger partial charge in [-0.2, -0.15) is 0 Å². The average molecular weight is 1140 g/mol. The number of hydrogen-bond donors (Lipinski definition) is 0. The van der Waals surface area contributed by atoms with Crippen molar-refractivity contribution in [2.45, 2.75) is 180 Å². The largest absolute Gasteiger partial charge is 0.484 e. The van der Waals surface area contributed by atoms with Gasteiger partial charge in [-0.1, -0.05) is 0 Å². The SMILES string of the molecule is CCC[CH2][Sn][CH2]CCC.CCC[CH2][Sn][CH2]CCC.CCO[SiH](OCC)OCC.CCO[SiH](OCC)OCC.CCO[SiH](OCC)OCC.CCO[SiH](OCC)OCC.O. The van der Waals surface area contributed by atoms with Gasteiger partial charge in [0.25, 0.3) is 0 Å². The summed E-state index contributed by atoms with van der Waals surface area (Å²) in [5.41, 5.74) is 0. The summed E-state index contributed by atoms with van der Waals surface area (Å²) in [5.74, 6) is 0. The molecule has 2 N–H and O–H groups in total. The monoisotopic (exact) mass is 1140 g/mol. The molecule has 59 heavy (non-hydrogen) atoms. The van der Waals surface area contributed by atoms with Crippen LogP contribution in [0.2, 0.25) is 17.7 Å². The van der Waals surface area contributed by atoms with Crippen LogP contribution in [-0.2, 0) is 53.1 Å². The second-order valence-electron chi connectivity index (χ2n) is 11.5.